The third-order valence-electron chi connectivity index (χ3n) is 7.00. The van der Waals surface area contributed by atoms with Crippen molar-refractivity contribution in [2.45, 2.75) is 69.8 Å². The Morgan fingerprint density at radius 3 is 2.45 bits per heavy atom. The van der Waals surface area contributed by atoms with E-state index in [1.165, 1.54) is 34.8 Å². The number of nitrogens with zero attached hydrogens (tertiary/aromatic N) is 7. The standard InChI is InChI=1S/C25H31F6N9O4/c1-13(2)40-20(32-12-34-40)21(41)36-16(10-44-23(3,4)25(29,30)31)15-8-39-19(35-15)6-14(7-33-39)17(11-43-5)38-9-18(24(26,27)28)37-22(38)42/h6-8,12-13,16-18H,9-11H2,1-5H3,(H,36,41)(H,37,42). The van der Waals surface area contributed by atoms with Gasteiger partial charge in [-0.3, -0.25) is 4.79 Å². The first-order valence-electron chi connectivity index (χ1n) is 13.3. The highest BCUT2D eigenvalue weighted by molar-refractivity contribution is 5.90. The van der Waals surface area contributed by atoms with Crippen LogP contribution in [-0.4, -0.2) is 97.1 Å². The number of ether oxygens (including phenoxy) is 2. The average molecular weight is 636 g/mol. The minimum Gasteiger partial charge on any atom is -0.382 e. The molecule has 3 unspecified atom stereocenters. The summed E-state index contributed by atoms with van der Waals surface area (Å²) in [6.45, 7) is 3.72. The van der Waals surface area contributed by atoms with Gasteiger partial charge in [0.2, 0.25) is 5.82 Å². The Balaban J connectivity index is 1.66. The number of hydrogen-bond donors (Lipinski definition) is 2. The van der Waals surface area contributed by atoms with Crippen molar-refractivity contribution >= 4 is 17.6 Å². The first kappa shape index (κ1) is 32.9. The SMILES string of the molecule is COCC(c1cnn2cc(C(COC(C)(C)C(F)(F)F)NC(=O)c3ncnn3C(C)C)nc2c1)N1CC(C(F)(F)F)NC1=O. The largest absolute Gasteiger partial charge is 0.416 e. The Labute approximate surface area is 246 Å². The lowest BCUT2D eigenvalue weighted by molar-refractivity contribution is -0.265. The lowest BCUT2D eigenvalue weighted by Crippen LogP contribution is -2.44. The van der Waals surface area contributed by atoms with Crippen LogP contribution in [0, 0.1) is 0 Å². The van der Waals surface area contributed by atoms with E-state index in [0.717, 1.165) is 25.1 Å². The third kappa shape index (κ3) is 6.87. The number of nitrogens with one attached hydrogen (secondary N) is 2. The molecule has 242 valence electrons. The highest BCUT2D eigenvalue weighted by atomic mass is 19.4. The molecule has 19 heteroatoms. The van der Waals surface area contributed by atoms with Crippen LogP contribution in [0.15, 0.2) is 24.8 Å². The van der Waals surface area contributed by atoms with Gasteiger partial charge >= 0.3 is 18.4 Å². The summed E-state index contributed by atoms with van der Waals surface area (Å²) in [7, 11) is 1.32. The minimum absolute atomic E-state index is 0.0657. The molecule has 1 aliphatic heterocycles. The van der Waals surface area contributed by atoms with Crippen molar-refractivity contribution in [3.8, 4) is 0 Å². The Bertz CT molecular complexity index is 1490. The molecule has 13 nitrogen and oxygen atoms in total. The number of methoxy groups -OCH3 is 1. The molecule has 1 aliphatic rings. The van der Waals surface area contributed by atoms with Crippen LogP contribution in [-0.2, 0) is 9.47 Å². The van der Waals surface area contributed by atoms with Crippen molar-refractivity contribution in [3.63, 3.8) is 0 Å². The highest BCUT2D eigenvalue weighted by Crippen LogP contribution is 2.34. The molecule has 0 bridgehead atoms. The lowest BCUT2D eigenvalue weighted by atomic mass is 10.1. The van der Waals surface area contributed by atoms with Crippen LogP contribution in [0.2, 0.25) is 0 Å². The molecule has 1 saturated heterocycles. The molecule has 4 rings (SSSR count). The fourth-order valence-electron chi connectivity index (χ4n) is 4.38. The van der Waals surface area contributed by atoms with E-state index in [0.29, 0.717) is 0 Å². The second-order valence-corrected chi connectivity index (χ2v) is 10.9. The quantitative estimate of drug-likeness (QED) is 0.306. The summed E-state index contributed by atoms with van der Waals surface area (Å²) in [6.07, 6.45) is -5.56. The molecule has 2 N–H and O–H groups in total. The van der Waals surface area contributed by atoms with Gasteiger partial charge in [-0.2, -0.15) is 36.5 Å². The molecular formula is C25H31F6N9O4. The van der Waals surface area contributed by atoms with Gasteiger partial charge in [0.05, 0.1) is 49.9 Å². The van der Waals surface area contributed by atoms with E-state index < -0.39 is 61.2 Å². The molecule has 3 aromatic rings. The highest BCUT2D eigenvalue weighted by Gasteiger charge is 2.50. The van der Waals surface area contributed by atoms with E-state index in [1.54, 1.807) is 13.8 Å². The molecule has 0 aliphatic carbocycles. The fraction of sp³-hybridized carbons (Fsp3) is 0.600. The monoisotopic (exact) mass is 635 g/mol. The van der Waals surface area contributed by atoms with Crippen LogP contribution < -0.4 is 10.6 Å². The van der Waals surface area contributed by atoms with Gasteiger partial charge in [-0.25, -0.2) is 24.0 Å². The van der Waals surface area contributed by atoms with Gasteiger partial charge in [-0.05, 0) is 33.8 Å². The van der Waals surface area contributed by atoms with Gasteiger partial charge in [0.1, 0.15) is 12.4 Å². The van der Waals surface area contributed by atoms with E-state index in [-0.39, 0.29) is 35.4 Å². The van der Waals surface area contributed by atoms with Crippen LogP contribution in [0.1, 0.15) is 67.7 Å². The summed E-state index contributed by atoms with van der Waals surface area (Å²) in [5, 5.41) is 12.7. The van der Waals surface area contributed by atoms with E-state index in [2.05, 4.69) is 25.5 Å². The molecule has 1 fully saturated rings. The molecule has 44 heavy (non-hydrogen) atoms. The zero-order valence-corrected chi connectivity index (χ0v) is 24.3. The normalized spacial score (nSPS) is 17.8. The van der Waals surface area contributed by atoms with E-state index in [9.17, 15) is 35.9 Å². The molecule has 0 aromatic carbocycles. The first-order valence-corrected chi connectivity index (χ1v) is 13.3. The number of alkyl halides is 6. The Morgan fingerprint density at radius 1 is 1.16 bits per heavy atom. The number of halogens is 6. The Hall–Kier alpha value is -4.00. The van der Waals surface area contributed by atoms with Crippen molar-refractivity contribution in [2.75, 3.05) is 26.9 Å². The van der Waals surface area contributed by atoms with Gasteiger partial charge in [0.25, 0.3) is 5.91 Å². The molecule has 3 amide bonds. The van der Waals surface area contributed by atoms with Gasteiger partial charge < -0.3 is 25.0 Å². The van der Waals surface area contributed by atoms with Gasteiger partial charge in [0.15, 0.2) is 11.2 Å². The number of fused-ring (bicyclic) bond motifs is 1. The average Bonchev–Trinajstić information content (AvgIpc) is 3.66. The maximum absolute atomic E-state index is 13.5. The Morgan fingerprint density at radius 2 is 1.86 bits per heavy atom. The second-order valence-electron chi connectivity index (χ2n) is 10.9. The molecule has 0 spiro atoms. The number of rotatable bonds is 11. The smallest absolute Gasteiger partial charge is 0.382 e. The van der Waals surface area contributed by atoms with Gasteiger partial charge in [-0.1, -0.05) is 0 Å². The topological polar surface area (TPSA) is 141 Å². The number of aromatic nitrogens is 6. The van der Waals surface area contributed by atoms with Crippen molar-refractivity contribution in [2.24, 2.45) is 0 Å². The van der Waals surface area contributed by atoms with Crippen LogP contribution >= 0.6 is 0 Å². The minimum atomic E-state index is -4.72. The maximum Gasteiger partial charge on any atom is 0.416 e. The summed E-state index contributed by atoms with van der Waals surface area (Å²) in [6, 6.07) is -4.02. The molecule has 0 radical (unpaired) electrons. The number of urea groups is 1. The molecule has 3 atom stereocenters. The molecule has 4 heterocycles. The summed E-state index contributed by atoms with van der Waals surface area (Å²) in [4.78, 5) is 34.9. The zero-order valence-electron chi connectivity index (χ0n) is 24.3. The van der Waals surface area contributed by atoms with Crippen molar-refractivity contribution < 1.29 is 45.4 Å². The number of imidazole rings is 1. The number of carbonyl (C=O) groups is 2. The number of carbonyl (C=O) groups excluding carboxylic acids is 2. The molecule has 0 saturated carbocycles. The molecule has 3 aromatic heterocycles. The van der Waals surface area contributed by atoms with Crippen LogP contribution in [0.25, 0.3) is 5.65 Å². The van der Waals surface area contributed by atoms with Crippen molar-refractivity contribution in [1.82, 2.24) is 44.9 Å². The maximum atomic E-state index is 13.5. The van der Waals surface area contributed by atoms with E-state index in [1.807, 2.05) is 5.32 Å². The fourth-order valence-corrected chi connectivity index (χ4v) is 4.38. The Kier molecular flexibility index (Phi) is 9.11. The summed E-state index contributed by atoms with van der Waals surface area (Å²) >= 11 is 0. The van der Waals surface area contributed by atoms with E-state index in [4.69, 9.17) is 9.47 Å². The summed E-state index contributed by atoms with van der Waals surface area (Å²) < 4.78 is 93.4. The van der Waals surface area contributed by atoms with Crippen molar-refractivity contribution in [3.05, 3.63) is 41.9 Å². The van der Waals surface area contributed by atoms with Gasteiger partial charge in [-0.15, -0.1) is 0 Å². The van der Waals surface area contributed by atoms with E-state index >= 15 is 0 Å². The number of amides is 3. The van der Waals surface area contributed by atoms with Gasteiger partial charge in [0, 0.05) is 18.7 Å². The first-order chi connectivity index (χ1) is 20.4. The van der Waals surface area contributed by atoms with Crippen LogP contribution in [0.3, 0.4) is 0 Å². The predicted molar refractivity (Wildman–Crippen MR) is 139 cm³/mol. The third-order valence-corrected chi connectivity index (χ3v) is 7.00. The van der Waals surface area contributed by atoms with Crippen molar-refractivity contribution in [1.29, 1.82) is 0 Å². The summed E-state index contributed by atoms with van der Waals surface area (Å²) in [5.41, 5.74) is -2.09. The lowest BCUT2D eigenvalue weighted by Gasteiger charge is -2.30. The summed E-state index contributed by atoms with van der Waals surface area (Å²) in [5.74, 6) is -0.840. The second kappa shape index (κ2) is 12.2. The molecular weight excluding hydrogens is 604 g/mol. The zero-order chi connectivity index (χ0) is 32.6. The van der Waals surface area contributed by atoms with Crippen LogP contribution in [0.4, 0.5) is 31.1 Å². The number of hydrogen-bond acceptors (Lipinski definition) is 8. The predicted octanol–water partition coefficient (Wildman–Crippen LogP) is 3.37. The van der Waals surface area contributed by atoms with Crippen LogP contribution in [0.5, 0.6) is 0 Å².